The van der Waals surface area contributed by atoms with Gasteiger partial charge in [0.1, 0.15) is 0 Å². The highest BCUT2D eigenvalue weighted by Gasteiger charge is 2.30. The second kappa shape index (κ2) is 13.8. The third kappa shape index (κ3) is 9.77. The van der Waals surface area contributed by atoms with Gasteiger partial charge in [-0.05, 0) is 73.0 Å². The Hall–Kier alpha value is -1.39. The number of benzene rings is 1. The zero-order chi connectivity index (χ0) is 22.6. The summed E-state index contributed by atoms with van der Waals surface area (Å²) in [4.78, 5) is 0. The Morgan fingerprint density at radius 3 is 2.28 bits per heavy atom. The highest BCUT2D eigenvalue weighted by Crippen LogP contribution is 2.31. The Morgan fingerprint density at radius 1 is 1.31 bits per heavy atom. The molecule has 1 atom stereocenters. The van der Waals surface area contributed by atoms with E-state index >= 15 is 0 Å². The summed E-state index contributed by atoms with van der Waals surface area (Å²) in [6.07, 6.45) is -4.61. The number of ether oxygens (including phenoxy) is 1. The molecule has 0 saturated heterocycles. The minimum Gasteiger partial charge on any atom is -0.402 e. The van der Waals surface area contributed by atoms with Crippen molar-refractivity contribution >= 4 is 32.8 Å². The molecule has 1 aromatic heterocycles. The van der Waals surface area contributed by atoms with Gasteiger partial charge in [0.2, 0.25) is 0 Å². The molecule has 0 fully saturated rings. The standard InChI is InChI=1S/C10H11F3O.C8H10BrNOS.C2H7N/c1-7(14-2)8-4-3-5-9(6-8)10(11,12)13;1-5(10)7(4-11)6-2-3-12-8(6)9;1-3-2/h3-7H,1-2H3;2-3,11H,4,10H2,1H3;3H,1-2H3/b;7-5+;. The number of hydrogen-bond donors (Lipinski definition) is 3. The van der Waals surface area contributed by atoms with Gasteiger partial charge in [-0.25, -0.2) is 0 Å². The molecule has 1 aromatic carbocycles. The first kappa shape index (κ1) is 27.6. The van der Waals surface area contributed by atoms with Crippen molar-refractivity contribution in [2.24, 2.45) is 5.73 Å². The number of rotatable bonds is 4. The third-order valence-corrected chi connectivity index (χ3v) is 5.30. The van der Waals surface area contributed by atoms with E-state index in [0.717, 1.165) is 27.1 Å². The van der Waals surface area contributed by atoms with Crippen LogP contribution >= 0.6 is 27.3 Å². The summed E-state index contributed by atoms with van der Waals surface area (Å²) < 4.78 is 42.8. The van der Waals surface area contributed by atoms with Crippen molar-refractivity contribution < 1.29 is 23.0 Å². The molecule has 1 heterocycles. The molecular formula is C20H28BrF3N2O2S. The molecule has 0 bridgehead atoms. The Kier molecular flexibility index (Phi) is 13.1. The van der Waals surface area contributed by atoms with Crippen molar-refractivity contribution in [2.45, 2.75) is 26.1 Å². The van der Waals surface area contributed by atoms with E-state index in [-0.39, 0.29) is 12.7 Å². The molecule has 0 radical (unpaired) electrons. The lowest BCUT2D eigenvalue weighted by molar-refractivity contribution is -0.137. The quantitative estimate of drug-likeness (QED) is 0.526. The molecule has 0 spiro atoms. The predicted octanol–water partition coefficient (Wildman–Crippen LogP) is 5.44. The van der Waals surface area contributed by atoms with Crippen molar-refractivity contribution in [1.82, 2.24) is 5.32 Å². The molecule has 4 nitrogen and oxygen atoms in total. The third-order valence-electron chi connectivity index (χ3n) is 3.61. The van der Waals surface area contributed by atoms with E-state index in [1.54, 1.807) is 31.3 Å². The average molecular weight is 497 g/mol. The second-order valence-electron chi connectivity index (χ2n) is 5.93. The molecular weight excluding hydrogens is 469 g/mol. The Bertz CT molecular complexity index is 760. The number of nitrogens with two attached hydrogens (primary N) is 1. The maximum atomic E-state index is 12.3. The van der Waals surface area contributed by atoms with E-state index in [1.807, 2.05) is 25.5 Å². The minimum atomic E-state index is -4.29. The zero-order valence-electron chi connectivity index (χ0n) is 17.1. The normalized spacial score (nSPS) is 12.8. The van der Waals surface area contributed by atoms with E-state index in [2.05, 4.69) is 21.2 Å². The summed E-state index contributed by atoms with van der Waals surface area (Å²) in [5, 5.41) is 13.7. The molecule has 29 heavy (non-hydrogen) atoms. The topological polar surface area (TPSA) is 67.5 Å². The van der Waals surface area contributed by atoms with Gasteiger partial charge in [-0.2, -0.15) is 13.2 Å². The first-order chi connectivity index (χ1) is 13.5. The molecule has 164 valence electrons. The number of aliphatic hydroxyl groups excluding tert-OH is 1. The fraction of sp³-hybridized carbons (Fsp3) is 0.400. The van der Waals surface area contributed by atoms with E-state index in [4.69, 9.17) is 15.6 Å². The fourth-order valence-electron chi connectivity index (χ4n) is 2.04. The molecule has 0 amide bonds. The second-order valence-corrected chi connectivity index (χ2v) is 8.16. The number of thiophene rings is 1. The van der Waals surface area contributed by atoms with Crippen LogP contribution in [0.3, 0.4) is 0 Å². The fourth-order valence-corrected chi connectivity index (χ4v) is 3.37. The van der Waals surface area contributed by atoms with Crippen LogP contribution in [0.4, 0.5) is 13.2 Å². The van der Waals surface area contributed by atoms with E-state index in [0.29, 0.717) is 11.3 Å². The van der Waals surface area contributed by atoms with E-state index in [1.165, 1.54) is 13.2 Å². The first-order valence-corrected chi connectivity index (χ1v) is 10.3. The molecule has 9 heteroatoms. The lowest BCUT2D eigenvalue weighted by Crippen LogP contribution is -2.06. The van der Waals surface area contributed by atoms with Crippen LogP contribution < -0.4 is 11.1 Å². The van der Waals surface area contributed by atoms with E-state index in [9.17, 15) is 13.2 Å². The van der Waals surface area contributed by atoms with Gasteiger partial charge in [0.15, 0.2) is 0 Å². The molecule has 0 saturated carbocycles. The lowest BCUT2D eigenvalue weighted by Gasteiger charge is -2.12. The summed E-state index contributed by atoms with van der Waals surface area (Å²) in [5.74, 6) is 0. The van der Waals surface area contributed by atoms with Crippen LogP contribution in [0.2, 0.25) is 0 Å². The first-order valence-electron chi connectivity index (χ1n) is 8.61. The van der Waals surface area contributed by atoms with Gasteiger partial charge in [-0.15, -0.1) is 11.3 Å². The number of aliphatic hydroxyl groups is 1. The van der Waals surface area contributed by atoms with E-state index < -0.39 is 11.7 Å². The van der Waals surface area contributed by atoms with Crippen LogP contribution in [-0.2, 0) is 10.9 Å². The summed E-state index contributed by atoms with van der Waals surface area (Å²) in [6.45, 7) is 3.48. The molecule has 0 aliphatic rings. The molecule has 2 aromatic rings. The molecule has 1 unspecified atom stereocenters. The maximum absolute atomic E-state index is 12.3. The Morgan fingerprint density at radius 2 is 1.90 bits per heavy atom. The monoisotopic (exact) mass is 496 g/mol. The molecule has 2 rings (SSSR count). The highest BCUT2D eigenvalue weighted by molar-refractivity contribution is 9.11. The minimum absolute atomic E-state index is 0.0162. The number of hydrogen-bond acceptors (Lipinski definition) is 5. The number of alkyl halides is 3. The Balaban J connectivity index is 0.000000481. The molecule has 4 N–H and O–H groups in total. The van der Waals surface area contributed by atoms with Crippen LogP contribution in [0.25, 0.3) is 5.57 Å². The van der Waals surface area contributed by atoms with Gasteiger partial charge in [-0.1, -0.05) is 12.1 Å². The summed E-state index contributed by atoms with van der Waals surface area (Å²) in [5.41, 5.74) is 7.95. The van der Waals surface area contributed by atoms with Crippen molar-refractivity contribution in [3.63, 3.8) is 0 Å². The lowest BCUT2D eigenvalue weighted by atomic mass is 10.1. The van der Waals surface area contributed by atoms with Crippen molar-refractivity contribution in [3.8, 4) is 0 Å². The van der Waals surface area contributed by atoms with Crippen LogP contribution in [0.5, 0.6) is 0 Å². The van der Waals surface area contributed by atoms with Crippen LogP contribution in [-0.4, -0.2) is 32.9 Å². The van der Waals surface area contributed by atoms with Crippen molar-refractivity contribution in [3.05, 3.63) is 61.9 Å². The largest absolute Gasteiger partial charge is 0.416 e. The molecule has 0 aliphatic carbocycles. The van der Waals surface area contributed by atoms with Crippen LogP contribution in [0.15, 0.2) is 45.2 Å². The van der Waals surface area contributed by atoms with Gasteiger partial charge in [0.05, 0.1) is 22.1 Å². The van der Waals surface area contributed by atoms with Gasteiger partial charge >= 0.3 is 6.18 Å². The number of nitrogens with one attached hydrogen (secondary N) is 1. The van der Waals surface area contributed by atoms with Gasteiger partial charge in [0, 0.05) is 23.9 Å². The Labute approximate surface area is 182 Å². The summed E-state index contributed by atoms with van der Waals surface area (Å²) >= 11 is 4.98. The average Bonchev–Trinajstić information content (AvgIpc) is 3.08. The maximum Gasteiger partial charge on any atom is 0.416 e. The number of allylic oxidation sites excluding steroid dienone is 1. The zero-order valence-corrected chi connectivity index (χ0v) is 19.5. The van der Waals surface area contributed by atoms with Crippen LogP contribution in [0, 0.1) is 0 Å². The van der Waals surface area contributed by atoms with Gasteiger partial charge in [0.25, 0.3) is 0 Å². The predicted molar refractivity (Wildman–Crippen MR) is 118 cm³/mol. The van der Waals surface area contributed by atoms with Gasteiger partial charge in [-0.3, -0.25) is 0 Å². The van der Waals surface area contributed by atoms with Gasteiger partial charge < -0.3 is 20.9 Å². The summed E-state index contributed by atoms with van der Waals surface area (Å²) in [6, 6.07) is 7.09. The number of halogens is 4. The molecule has 0 aliphatic heterocycles. The SMILES string of the molecule is C/C(N)=C(/CO)c1ccsc1Br.CNC.COC(C)c1cccc(C(F)(F)F)c1. The van der Waals surface area contributed by atoms with Crippen LogP contribution in [0.1, 0.15) is 36.6 Å². The number of methoxy groups -OCH3 is 1. The smallest absolute Gasteiger partial charge is 0.402 e. The van der Waals surface area contributed by atoms with Crippen molar-refractivity contribution in [2.75, 3.05) is 27.8 Å². The summed E-state index contributed by atoms with van der Waals surface area (Å²) in [7, 11) is 5.21. The highest BCUT2D eigenvalue weighted by atomic mass is 79.9. The van der Waals surface area contributed by atoms with Crippen molar-refractivity contribution in [1.29, 1.82) is 0 Å².